The number of hydrogen-bond acceptors (Lipinski definition) is 3. The molecule has 0 radical (unpaired) electrons. The summed E-state index contributed by atoms with van der Waals surface area (Å²) in [7, 11) is 1.67. The number of rotatable bonds is 5. The maximum absolute atomic E-state index is 12.2. The highest BCUT2D eigenvalue weighted by Gasteiger charge is 2.20. The van der Waals surface area contributed by atoms with E-state index in [4.69, 9.17) is 9.52 Å². The maximum atomic E-state index is 12.2. The van der Waals surface area contributed by atoms with Crippen LogP contribution < -0.4 is 0 Å². The van der Waals surface area contributed by atoms with E-state index in [0.717, 1.165) is 5.56 Å². The zero-order chi connectivity index (χ0) is 15.4. The van der Waals surface area contributed by atoms with Gasteiger partial charge in [-0.1, -0.05) is 37.3 Å². The van der Waals surface area contributed by atoms with Crippen LogP contribution in [-0.2, 0) is 0 Å². The van der Waals surface area contributed by atoms with Gasteiger partial charge in [0.05, 0.1) is 0 Å². The first-order chi connectivity index (χ1) is 9.99. The normalized spacial score (nSPS) is 11.9. The summed E-state index contributed by atoms with van der Waals surface area (Å²) in [5.41, 5.74) is 1.14. The van der Waals surface area contributed by atoms with Crippen LogP contribution in [0.25, 0.3) is 0 Å². The number of carbonyl (C=O) groups excluding carboxylic acids is 1. The minimum Gasteiger partial charge on any atom is -0.475 e. The SMILES string of the molecule is CC(CN(C)C(=O)c1ccc(C(=O)O)o1)c1ccccc1. The molecule has 21 heavy (non-hydrogen) atoms. The second-order valence-corrected chi connectivity index (χ2v) is 4.97. The number of carboxylic acid groups (broad SMARTS) is 1. The number of nitrogens with zero attached hydrogens (tertiary/aromatic N) is 1. The Morgan fingerprint density at radius 3 is 2.33 bits per heavy atom. The summed E-state index contributed by atoms with van der Waals surface area (Å²) in [4.78, 5) is 24.5. The Hall–Kier alpha value is -2.56. The van der Waals surface area contributed by atoms with Gasteiger partial charge in [0, 0.05) is 13.6 Å². The first-order valence-corrected chi connectivity index (χ1v) is 6.62. The molecule has 2 rings (SSSR count). The third-order valence-electron chi connectivity index (χ3n) is 3.29. The third kappa shape index (κ3) is 3.51. The molecule has 1 heterocycles. The molecule has 0 fully saturated rings. The van der Waals surface area contributed by atoms with Crippen molar-refractivity contribution in [1.29, 1.82) is 0 Å². The summed E-state index contributed by atoms with van der Waals surface area (Å²) >= 11 is 0. The third-order valence-corrected chi connectivity index (χ3v) is 3.29. The molecule has 110 valence electrons. The number of hydrogen-bond donors (Lipinski definition) is 1. The van der Waals surface area contributed by atoms with Crippen molar-refractivity contribution in [1.82, 2.24) is 4.90 Å². The van der Waals surface area contributed by atoms with Crippen LogP contribution in [0.2, 0.25) is 0 Å². The van der Waals surface area contributed by atoms with Gasteiger partial charge in [0.2, 0.25) is 5.76 Å². The van der Waals surface area contributed by atoms with E-state index >= 15 is 0 Å². The number of carboxylic acids is 1. The molecular formula is C16H17NO4. The predicted molar refractivity (Wildman–Crippen MR) is 77.5 cm³/mol. The highest BCUT2D eigenvalue weighted by molar-refractivity contribution is 5.93. The van der Waals surface area contributed by atoms with Crippen LogP contribution in [-0.4, -0.2) is 35.5 Å². The summed E-state index contributed by atoms with van der Waals surface area (Å²) in [6, 6.07) is 12.6. The van der Waals surface area contributed by atoms with E-state index in [2.05, 4.69) is 0 Å². The molecule has 0 aliphatic carbocycles. The van der Waals surface area contributed by atoms with Gasteiger partial charge in [0.1, 0.15) is 0 Å². The average molecular weight is 287 g/mol. The smallest absolute Gasteiger partial charge is 0.371 e. The number of carbonyl (C=O) groups is 2. The van der Waals surface area contributed by atoms with Crippen LogP contribution in [0.1, 0.15) is 39.5 Å². The van der Waals surface area contributed by atoms with E-state index in [9.17, 15) is 9.59 Å². The minimum atomic E-state index is -1.19. The van der Waals surface area contributed by atoms with Crippen molar-refractivity contribution in [3.05, 3.63) is 59.5 Å². The van der Waals surface area contributed by atoms with Crippen molar-refractivity contribution in [2.75, 3.05) is 13.6 Å². The molecule has 0 saturated carbocycles. The zero-order valence-corrected chi connectivity index (χ0v) is 11.9. The molecule has 1 atom stereocenters. The molecule has 5 heteroatoms. The van der Waals surface area contributed by atoms with Gasteiger partial charge in [0.25, 0.3) is 5.91 Å². The highest BCUT2D eigenvalue weighted by atomic mass is 16.4. The van der Waals surface area contributed by atoms with Crippen molar-refractivity contribution in [2.24, 2.45) is 0 Å². The lowest BCUT2D eigenvalue weighted by atomic mass is 10.0. The molecule has 0 aliphatic heterocycles. The quantitative estimate of drug-likeness (QED) is 0.918. The topological polar surface area (TPSA) is 70.8 Å². The van der Waals surface area contributed by atoms with E-state index in [1.807, 2.05) is 37.3 Å². The van der Waals surface area contributed by atoms with E-state index in [1.54, 1.807) is 7.05 Å². The van der Waals surface area contributed by atoms with Crippen LogP contribution in [0.4, 0.5) is 0 Å². The zero-order valence-electron chi connectivity index (χ0n) is 11.9. The Labute approximate surface area is 122 Å². The van der Waals surface area contributed by atoms with Gasteiger partial charge < -0.3 is 14.4 Å². The monoisotopic (exact) mass is 287 g/mol. The largest absolute Gasteiger partial charge is 0.475 e. The van der Waals surface area contributed by atoms with E-state index in [1.165, 1.54) is 17.0 Å². The molecule has 2 aromatic rings. The molecule has 1 aromatic carbocycles. The van der Waals surface area contributed by atoms with Crippen LogP contribution in [0, 0.1) is 0 Å². The van der Waals surface area contributed by atoms with Gasteiger partial charge in [-0.2, -0.15) is 0 Å². The van der Waals surface area contributed by atoms with E-state index in [0.29, 0.717) is 6.54 Å². The minimum absolute atomic E-state index is 0.0372. The highest BCUT2D eigenvalue weighted by Crippen LogP contribution is 2.17. The Kier molecular flexibility index (Phi) is 4.42. The van der Waals surface area contributed by atoms with Gasteiger partial charge in [-0.15, -0.1) is 0 Å². The lowest BCUT2D eigenvalue weighted by molar-refractivity contribution is 0.0653. The lowest BCUT2D eigenvalue weighted by Gasteiger charge is -2.21. The molecule has 0 bridgehead atoms. The standard InChI is InChI=1S/C16H17NO4/c1-11(12-6-4-3-5-7-12)10-17(2)15(18)13-8-9-14(21-13)16(19)20/h3-9,11H,10H2,1-2H3,(H,19,20). The first kappa shape index (κ1) is 14.8. The fraction of sp³-hybridized carbons (Fsp3) is 0.250. The predicted octanol–water partition coefficient (Wildman–Crippen LogP) is 2.85. The Morgan fingerprint density at radius 2 is 1.76 bits per heavy atom. The van der Waals surface area contributed by atoms with Crippen LogP contribution in [0.5, 0.6) is 0 Å². The summed E-state index contributed by atoms with van der Waals surface area (Å²) in [6.07, 6.45) is 0. The number of benzene rings is 1. The molecule has 0 spiro atoms. The van der Waals surface area contributed by atoms with Gasteiger partial charge >= 0.3 is 5.97 Å². The van der Waals surface area contributed by atoms with Crippen LogP contribution in [0.3, 0.4) is 0 Å². The number of furan rings is 1. The van der Waals surface area contributed by atoms with Gasteiger partial charge in [-0.05, 0) is 23.6 Å². The van der Waals surface area contributed by atoms with Gasteiger partial charge in [-0.25, -0.2) is 4.79 Å². The summed E-state index contributed by atoms with van der Waals surface area (Å²) in [5.74, 6) is -1.54. The average Bonchev–Trinajstić information content (AvgIpc) is 2.97. The second-order valence-electron chi connectivity index (χ2n) is 4.97. The number of aromatic carboxylic acids is 1. The Bertz CT molecular complexity index is 633. The Balaban J connectivity index is 2.03. The molecule has 1 aromatic heterocycles. The summed E-state index contributed by atoms with van der Waals surface area (Å²) in [6.45, 7) is 2.55. The van der Waals surface area contributed by atoms with Crippen molar-refractivity contribution in [3.63, 3.8) is 0 Å². The molecule has 1 N–H and O–H groups in total. The number of amides is 1. The molecule has 1 amide bonds. The molecule has 5 nitrogen and oxygen atoms in total. The van der Waals surface area contributed by atoms with E-state index < -0.39 is 5.97 Å². The first-order valence-electron chi connectivity index (χ1n) is 6.62. The number of likely N-dealkylation sites (N-methyl/N-ethyl adjacent to an activating group) is 1. The molecule has 0 saturated heterocycles. The van der Waals surface area contributed by atoms with E-state index in [-0.39, 0.29) is 23.3 Å². The molecule has 0 aliphatic rings. The molecule has 1 unspecified atom stereocenters. The second kappa shape index (κ2) is 6.26. The maximum Gasteiger partial charge on any atom is 0.371 e. The lowest BCUT2D eigenvalue weighted by Crippen LogP contribution is -2.30. The van der Waals surface area contributed by atoms with Gasteiger partial charge in [0.15, 0.2) is 5.76 Å². The summed E-state index contributed by atoms with van der Waals surface area (Å²) < 4.78 is 5.02. The van der Waals surface area contributed by atoms with Crippen molar-refractivity contribution >= 4 is 11.9 Å². The fourth-order valence-corrected chi connectivity index (χ4v) is 2.14. The van der Waals surface area contributed by atoms with Crippen molar-refractivity contribution in [3.8, 4) is 0 Å². The van der Waals surface area contributed by atoms with Crippen LogP contribution >= 0.6 is 0 Å². The van der Waals surface area contributed by atoms with Crippen molar-refractivity contribution < 1.29 is 19.1 Å². The van der Waals surface area contributed by atoms with Crippen LogP contribution in [0.15, 0.2) is 46.9 Å². The van der Waals surface area contributed by atoms with Gasteiger partial charge in [-0.3, -0.25) is 4.79 Å². The fourth-order valence-electron chi connectivity index (χ4n) is 2.14. The van der Waals surface area contributed by atoms with Crippen molar-refractivity contribution in [2.45, 2.75) is 12.8 Å². The molecular weight excluding hydrogens is 270 g/mol. The Morgan fingerprint density at radius 1 is 1.14 bits per heavy atom. The summed E-state index contributed by atoms with van der Waals surface area (Å²) in [5, 5.41) is 8.79.